The summed E-state index contributed by atoms with van der Waals surface area (Å²) in [5.74, 6) is 0. The average molecular weight is 345 g/mol. The Bertz CT molecular complexity index is 695. The van der Waals surface area contributed by atoms with Gasteiger partial charge in [-0.3, -0.25) is 4.72 Å². The molecule has 0 saturated carbocycles. The van der Waals surface area contributed by atoms with Crippen molar-refractivity contribution in [2.75, 3.05) is 4.72 Å². The number of nitrogens with one attached hydrogen (secondary N) is 1. The Labute approximate surface area is 120 Å². The van der Waals surface area contributed by atoms with E-state index in [1.807, 2.05) is 6.07 Å². The third-order valence-corrected chi connectivity index (χ3v) is 4.47. The first-order valence-electron chi connectivity index (χ1n) is 5.47. The highest BCUT2D eigenvalue weighted by Crippen LogP contribution is 2.21. The Balaban J connectivity index is 2.32. The van der Waals surface area contributed by atoms with Crippen molar-refractivity contribution in [1.82, 2.24) is 4.57 Å². The molecule has 1 heterocycles. The van der Waals surface area contributed by atoms with Crippen molar-refractivity contribution in [3.8, 4) is 0 Å². The minimum Gasteiger partial charge on any atom is -0.390 e. The number of hydrogen-bond acceptors (Lipinski definition) is 3. The van der Waals surface area contributed by atoms with Crippen LogP contribution in [-0.4, -0.2) is 18.1 Å². The molecule has 0 aliphatic heterocycles. The second-order valence-electron chi connectivity index (χ2n) is 4.05. The molecule has 0 aliphatic rings. The van der Waals surface area contributed by atoms with Crippen molar-refractivity contribution in [3.63, 3.8) is 0 Å². The number of benzene rings is 1. The molecule has 2 N–H and O–H groups in total. The molecule has 7 heteroatoms. The Kier molecular flexibility index (Phi) is 3.98. The molecule has 0 saturated heterocycles. The predicted octanol–water partition coefficient (Wildman–Crippen LogP) is 2.08. The number of nitrogens with zero attached hydrogens (tertiary/aromatic N) is 1. The van der Waals surface area contributed by atoms with E-state index in [2.05, 4.69) is 20.7 Å². The number of hydrogen-bond donors (Lipinski definition) is 2. The first-order chi connectivity index (χ1) is 8.92. The fraction of sp³-hybridized carbons (Fsp3) is 0.167. The molecule has 0 fully saturated rings. The van der Waals surface area contributed by atoms with Gasteiger partial charge in [0.25, 0.3) is 10.0 Å². The number of aliphatic hydroxyl groups is 1. The van der Waals surface area contributed by atoms with Gasteiger partial charge in [-0.2, -0.15) is 0 Å². The second kappa shape index (κ2) is 5.36. The highest BCUT2D eigenvalue weighted by Gasteiger charge is 2.17. The number of halogens is 1. The van der Waals surface area contributed by atoms with Crippen LogP contribution >= 0.6 is 15.9 Å². The van der Waals surface area contributed by atoms with Gasteiger partial charge >= 0.3 is 0 Å². The zero-order valence-corrected chi connectivity index (χ0v) is 12.6. The molecular weight excluding hydrogens is 332 g/mol. The van der Waals surface area contributed by atoms with E-state index in [1.54, 1.807) is 29.8 Å². The minimum absolute atomic E-state index is 0.124. The van der Waals surface area contributed by atoms with Gasteiger partial charge in [-0.1, -0.05) is 22.0 Å². The van der Waals surface area contributed by atoms with Crippen molar-refractivity contribution >= 4 is 31.6 Å². The van der Waals surface area contributed by atoms with Gasteiger partial charge in [0.1, 0.15) is 4.90 Å². The highest BCUT2D eigenvalue weighted by atomic mass is 79.9. The van der Waals surface area contributed by atoms with Gasteiger partial charge in [-0.15, -0.1) is 0 Å². The summed E-state index contributed by atoms with van der Waals surface area (Å²) in [5, 5.41) is 9.08. The molecule has 19 heavy (non-hydrogen) atoms. The van der Waals surface area contributed by atoms with Crippen LogP contribution in [0, 0.1) is 0 Å². The first kappa shape index (κ1) is 14.1. The standard InChI is InChI=1S/C12H13BrN2O3S/c1-15-7-12(6-11(15)8-16)19(17,18)14-10-4-2-3-9(13)5-10/h2-7,14,16H,8H2,1H3. The Morgan fingerprint density at radius 2 is 2.11 bits per heavy atom. The lowest BCUT2D eigenvalue weighted by Gasteiger charge is -2.06. The van der Waals surface area contributed by atoms with Crippen LogP contribution in [0.5, 0.6) is 0 Å². The molecular formula is C12H13BrN2O3S. The number of aromatic nitrogens is 1. The van der Waals surface area contributed by atoms with E-state index < -0.39 is 10.0 Å². The summed E-state index contributed by atoms with van der Waals surface area (Å²) in [6.45, 7) is -0.205. The monoisotopic (exact) mass is 344 g/mol. The van der Waals surface area contributed by atoms with Gasteiger partial charge in [0.15, 0.2) is 0 Å². The van der Waals surface area contributed by atoms with Gasteiger partial charge in [0.05, 0.1) is 6.61 Å². The lowest BCUT2D eigenvalue weighted by molar-refractivity contribution is 0.272. The van der Waals surface area contributed by atoms with Crippen LogP contribution in [-0.2, 0) is 23.7 Å². The van der Waals surface area contributed by atoms with E-state index in [-0.39, 0.29) is 11.5 Å². The second-order valence-corrected chi connectivity index (χ2v) is 6.65. The molecule has 2 aromatic rings. The molecule has 0 unspecified atom stereocenters. The summed E-state index contributed by atoms with van der Waals surface area (Å²) in [7, 11) is -1.96. The Morgan fingerprint density at radius 3 is 2.68 bits per heavy atom. The maximum atomic E-state index is 12.2. The van der Waals surface area contributed by atoms with Gasteiger partial charge < -0.3 is 9.67 Å². The summed E-state index contributed by atoms with van der Waals surface area (Å²) < 4.78 is 29.2. The summed E-state index contributed by atoms with van der Waals surface area (Å²) in [5.41, 5.74) is 1.01. The van der Waals surface area contributed by atoms with Crippen molar-refractivity contribution < 1.29 is 13.5 Å². The van der Waals surface area contributed by atoms with Crippen LogP contribution in [0.1, 0.15) is 5.69 Å². The van der Waals surface area contributed by atoms with E-state index in [9.17, 15) is 8.42 Å². The zero-order chi connectivity index (χ0) is 14.0. The molecule has 0 amide bonds. The largest absolute Gasteiger partial charge is 0.390 e. The smallest absolute Gasteiger partial charge is 0.263 e. The van der Waals surface area contributed by atoms with Crippen molar-refractivity contribution in [2.45, 2.75) is 11.5 Å². The third kappa shape index (κ3) is 3.17. The fourth-order valence-corrected chi connectivity index (χ4v) is 3.19. The number of aliphatic hydroxyl groups excluding tert-OH is 1. The lowest BCUT2D eigenvalue weighted by atomic mass is 10.3. The molecule has 1 aromatic carbocycles. The summed E-state index contributed by atoms with van der Waals surface area (Å²) >= 11 is 3.28. The number of sulfonamides is 1. The van der Waals surface area contributed by atoms with Crippen LogP contribution in [0.3, 0.4) is 0 Å². The van der Waals surface area contributed by atoms with Crippen LogP contribution in [0.4, 0.5) is 5.69 Å². The maximum absolute atomic E-state index is 12.2. The van der Waals surface area contributed by atoms with Crippen LogP contribution < -0.4 is 4.72 Å². The molecule has 0 spiro atoms. The molecule has 2 rings (SSSR count). The summed E-state index contributed by atoms with van der Waals surface area (Å²) in [6, 6.07) is 8.34. The van der Waals surface area contributed by atoms with Crippen molar-refractivity contribution in [2.24, 2.45) is 7.05 Å². The summed E-state index contributed by atoms with van der Waals surface area (Å²) in [6.07, 6.45) is 1.46. The van der Waals surface area contributed by atoms with Crippen molar-refractivity contribution in [3.05, 3.63) is 46.7 Å². The van der Waals surface area contributed by atoms with Gasteiger partial charge in [-0.05, 0) is 24.3 Å². The molecule has 102 valence electrons. The molecule has 0 radical (unpaired) electrons. The highest BCUT2D eigenvalue weighted by molar-refractivity contribution is 9.10. The molecule has 0 aliphatic carbocycles. The zero-order valence-electron chi connectivity index (χ0n) is 10.2. The van der Waals surface area contributed by atoms with E-state index in [0.717, 1.165) is 4.47 Å². The van der Waals surface area contributed by atoms with E-state index in [1.165, 1.54) is 12.3 Å². The van der Waals surface area contributed by atoms with Crippen LogP contribution in [0.15, 0.2) is 45.9 Å². The van der Waals surface area contributed by atoms with E-state index in [0.29, 0.717) is 11.4 Å². The van der Waals surface area contributed by atoms with E-state index in [4.69, 9.17) is 5.11 Å². The third-order valence-electron chi connectivity index (χ3n) is 2.63. The first-order valence-corrected chi connectivity index (χ1v) is 7.74. The molecule has 0 atom stereocenters. The number of rotatable bonds is 4. The Morgan fingerprint density at radius 1 is 1.37 bits per heavy atom. The number of anilines is 1. The lowest BCUT2D eigenvalue weighted by Crippen LogP contribution is -2.12. The Hall–Kier alpha value is -1.31. The van der Waals surface area contributed by atoms with Gasteiger partial charge in [-0.25, -0.2) is 8.42 Å². The van der Waals surface area contributed by atoms with E-state index >= 15 is 0 Å². The van der Waals surface area contributed by atoms with Crippen molar-refractivity contribution in [1.29, 1.82) is 0 Å². The molecule has 5 nitrogen and oxygen atoms in total. The normalized spacial score (nSPS) is 11.5. The molecule has 0 bridgehead atoms. The predicted molar refractivity (Wildman–Crippen MR) is 76.3 cm³/mol. The van der Waals surface area contributed by atoms with Crippen LogP contribution in [0.25, 0.3) is 0 Å². The maximum Gasteiger partial charge on any atom is 0.263 e. The summed E-state index contributed by atoms with van der Waals surface area (Å²) in [4.78, 5) is 0.124. The topological polar surface area (TPSA) is 71.3 Å². The minimum atomic E-state index is -3.64. The van der Waals surface area contributed by atoms with Gasteiger partial charge in [0.2, 0.25) is 0 Å². The molecule has 1 aromatic heterocycles. The number of aryl methyl sites for hydroxylation is 1. The van der Waals surface area contributed by atoms with Crippen LogP contribution in [0.2, 0.25) is 0 Å². The SMILES string of the molecule is Cn1cc(S(=O)(=O)Nc2cccc(Br)c2)cc1CO. The fourth-order valence-electron chi connectivity index (χ4n) is 1.65. The van der Waals surface area contributed by atoms with Gasteiger partial charge in [0, 0.05) is 29.1 Å². The quantitative estimate of drug-likeness (QED) is 0.891. The average Bonchev–Trinajstić information content (AvgIpc) is 2.71.